The number of hydrogen-bond donors (Lipinski definition) is 1. The molecule has 1 aromatic rings. The van der Waals surface area contributed by atoms with Gasteiger partial charge in [0.25, 0.3) is 5.91 Å². The van der Waals surface area contributed by atoms with E-state index in [0.717, 1.165) is 12.1 Å². The summed E-state index contributed by atoms with van der Waals surface area (Å²) in [4.78, 5) is 11.6. The van der Waals surface area contributed by atoms with Crippen LogP contribution in [0.5, 0.6) is 5.75 Å². The number of ether oxygens (including phenoxy) is 1. The number of halogens is 4. The molecule has 0 radical (unpaired) electrons. The first-order chi connectivity index (χ1) is 8.92. The summed E-state index contributed by atoms with van der Waals surface area (Å²) in [6.07, 6.45) is -1.40. The van der Waals surface area contributed by atoms with E-state index in [1.54, 1.807) is 12.2 Å². The van der Waals surface area contributed by atoms with Gasteiger partial charge < -0.3 is 10.1 Å². The number of rotatable bonds is 5. The van der Waals surface area contributed by atoms with E-state index in [0.29, 0.717) is 12.4 Å². The Balaban J connectivity index is 2.56. The van der Waals surface area contributed by atoms with Crippen LogP contribution in [0, 0.1) is 0 Å². The minimum absolute atomic E-state index is 0.244. The first kappa shape index (κ1) is 15.4. The standard InChI is InChI=1S/C12H11ClF3NO2/c13-7-1-2-8-17-11(18)9-3-5-10(6-4-9)19-12(14,15)16/h1-6H,7-8H2,(H,17,18)/b2-1+. The lowest BCUT2D eigenvalue weighted by atomic mass is 10.2. The molecule has 1 amide bonds. The SMILES string of the molecule is O=C(NC/C=C/CCl)c1ccc(OC(F)(F)F)cc1. The molecular weight excluding hydrogens is 283 g/mol. The van der Waals surface area contributed by atoms with Crippen molar-refractivity contribution in [2.24, 2.45) is 0 Å². The highest BCUT2D eigenvalue weighted by atomic mass is 35.5. The van der Waals surface area contributed by atoms with Crippen molar-refractivity contribution < 1.29 is 22.7 Å². The second-order valence-electron chi connectivity index (χ2n) is 3.41. The second-order valence-corrected chi connectivity index (χ2v) is 3.72. The summed E-state index contributed by atoms with van der Waals surface area (Å²) in [5.41, 5.74) is 0.244. The van der Waals surface area contributed by atoms with Crippen LogP contribution in [0.2, 0.25) is 0 Å². The fourth-order valence-corrected chi connectivity index (χ4v) is 1.33. The molecule has 0 aliphatic heterocycles. The van der Waals surface area contributed by atoms with Crippen molar-refractivity contribution in [1.29, 1.82) is 0 Å². The molecule has 0 aromatic heterocycles. The normalized spacial score (nSPS) is 11.6. The summed E-state index contributed by atoms with van der Waals surface area (Å²) in [7, 11) is 0. The van der Waals surface area contributed by atoms with Gasteiger partial charge in [-0.3, -0.25) is 4.79 Å². The van der Waals surface area contributed by atoms with E-state index >= 15 is 0 Å². The van der Waals surface area contributed by atoms with Gasteiger partial charge in [-0.2, -0.15) is 0 Å². The van der Waals surface area contributed by atoms with Crippen molar-refractivity contribution in [1.82, 2.24) is 5.32 Å². The van der Waals surface area contributed by atoms with Gasteiger partial charge in [0, 0.05) is 18.0 Å². The molecule has 0 aliphatic carbocycles. The Hall–Kier alpha value is -1.69. The van der Waals surface area contributed by atoms with Crippen molar-refractivity contribution in [2.45, 2.75) is 6.36 Å². The number of nitrogens with one attached hydrogen (secondary N) is 1. The van der Waals surface area contributed by atoms with Crippen LogP contribution in [0.3, 0.4) is 0 Å². The number of benzene rings is 1. The first-order valence-corrected chi connectivity index (χ1v) is 5.81. The molecule has 0 saturated carbocycles. The van der Waals surface area contributed by atoms with Crippen molar-refractivity contribution >= 4 is 17.5 Å². The summed E-state index contributed by atoms with van der Waals surface area (Å²) in [6.45, 7) is 0.298. The third kappa shape index (κ3) is 6.15. The molecule has 0 fully saturated rings. The van der Waals surface area contributed by atoms with E-state index in [9.17, 15) is 18.0 Å². The number of carbonyl (C=O) groups excluding carboxylic acids is 1. The Kier molecular flexibility index (Phi) is 5.69. The number of alkyl halides is 4. The topological polar surface area (TPSA) is 38.3 Å². The minimum Gasteiger partial charge on any atom is -0.406 e. The average Bonchev–Trinajstić information content (AvgIpc) is 2.33. The maximum atomic E-state index is 11.9. The molecule has 7 heteroatoms. The Bertz CT molecular complexity index is 443. The molecule has 3 nitrogen and oxygen atoms in total. The van der Waals surface area contributed by atoms with Crippen molar-refractivity contribution in [3.05, 3.63) is 42.0 Å². The molecular formula is C12H11ClF3NO2. The van der Waals surface area contributed by atoms with E-state index < -0.39 is 12.3 Å². The van der Waals surface area contributed by atoms with Crippen LogP contribution in [0.4, 0.5) is 13.2 Å². The van der Waals surface area contributed by atoms with Crippen molar-refractivity contribution in [3.63, 3.8) is 0 Å². The van der Waals surface area contributed by atoms with Crippen LogP contribution >= 0.6 is 11.6 Å². The lowest BCUT2D eigenvalue weighted by Crippen LogP contribution is -2.23. The molecule has 1 N–H and O–H groups in total. The molecule has 0 unspecified atom stereocenters. The van der Waals surface area contributed by atoms with Crippen LogP contribution in [0.25, 0.3) is 0 Å². The molecule has 1 rings (SSSR count). The highest BCUT2D eigenvalue weighted by molar-refractivity contribution is 6.18. The van der Waals surface area contributed by atoms with Crippen LogP contribution in [0.15, 0.2) is 36.4 Å². The number of hydrogen-bond acceptors (Lipinski definition) is 2. The van der Waals surface area contributed by atoms with Crippen LogP contribution in [-0.2, 0) is 0 Å². The fourth-order valence-electron chi connectivity index (χ4n) is 1.21. The Morgan fingerprint density at radius 1 is 1.26 bits per heavy atom. The average molecular weight is 294 g/mol. The second kappa shape index (κ2) is 7.04. The summed E-state index contributed by atoms with van der Waals surface area (Å²) in [5, 5.41) is 2.55. The first-order valence-electron chi connectivity index (χ1n) is 5.27. The quantitative estimate of drug-likeness (QED) is 0.669. The Morgan fingerprint density at radius 2 is 1.89 bits per heavy atom. The predicted octanol–water partition coefficient (Wildman–Crippen LogP) is 3.11. The number of allylic oxidation sites excluding steroid dienone is 1. The summed E-state index contributed by atoms with van der Waals surface area (Å²) in [5.74, 6) is -0.414. The zero-order valence-corrected chi connectivity index (χ0v) is 10.5. The summed E-state index contributed by atoms with van der Waals surface area (Å²) >= 11 is 5.40. The zero-order chi connectivity index (χ0) is 14.3. The maximum Gasteiger partial charge on any atom is 0.573 e. The van der Waals surface area contributed by atoms with Gasteiger partial charge >= 0.3 is 6.36 Å². The van der Waals surface area contributed by atoms with Gasteiger partial charge in [0.2, 0.25) is 0 Å². The summed E-state index contributed by atoms with van der Waals surface area (Å²) < 4.78 is 39.5. The molecule has 0 spiro atoms. The third-order valence-electron chi connectivity index (χ3n) is 1.99. The molecule has 0 saturated heterocycles. The molecule has 104 valence electrons. The highest BCUT2D eigenvalue weighted by Crippen LogP contribution is 2.22. The van der Waals surface area contributed by atoms with E-state index in [2.05, 4.69) is 10.1 Å². The van der Waals surface area contributed by atoms with Gasteiger partial charge in [-0.05, 0) is 24.3 Å². The van der Waals surface area contributed by atoms with Gasteiger partial charge in [0.15, 0.2) is 0 Å². The number of amides is 1. The van der Waals surface area contributed by atoms with Gasteiger partial charge in [0.05, 0.1) is 0 Å². The molecule has 19 heavy (non-hydrogen) atoms. The molecule has 0 heterocycles. The summed E-state index contributed by atoms with van der Waals surface area (Å²) in [6, 6.07) is 4.66. The lowest BCUT2D eigenvalue weighted by molar-refractivity contribution is -0.274. The van der Waals surface area contributed by atoms with Crippen LogP contribution in [0.1, 0.15) is 10.4 Å². The monoisotopic (exact) mass is 293 g/mol. The van der Waals surface area contributed by atoms with Crippen LogP contribution < -0.4 is 10.1 Å². The van der Waals surface area contributed by atoms with Gasteiger partial charge in [0.1, 0.15) is 5.75 Å². The van der Waals surface area contributed by atoms with Crippen molar-refractivity contribution in [3.8, 4) is 5.75 Å². The lowest BCUT2D eigenvalue weighted by Gasteiger charge is -2.09. The van der Waals surface area contributed by atoms with E-state index in [-0.39, 0.29) is 11.3 Å². The minimum atomic E-state index is -4.74. The predicted molar refractivity (Wildman–Crippen MR) is 65.3 cm³/mol. The Labute approximate surface area is 113 Å². The highest BCUT2D eigenvalue weighted by Gasteiger charge is 2.30. The Morgan fingerprint density at radius 3 is 2.42 bits per heavy atom. The van der Waals surface area contributed by atoms with Crippen LogP contribution in [-0.4, -0.2) is 24.7 Å². The van der Waals surface area contributed by atoms with E-state index in [1.807, 2.05) is 0 Å². The van der Waals surface area contributed by atoms with Gasteiger partial charge in [-0.25, -0.2) is 0 Å². The van der Waals surface area contributed by atoms with E-state index in [1.165, 1.54) is 12.1 Å². The molecule has 0 bridgehead atoms. The molecule has 0 atom stereocenters. The van der Waals surface area contributed by atoms with Gasteiger partial charge in [-0.15, -0.1) is 24.8 Å². The fraction of sp³-hybridized carbons (Fsp3) is 0.250. The zero-order valence-electron chi connectivity index (χ0n) is 9.71. The molecule has 1 aromatic carbocycles. The molecule has 0 aliphatic rings. The van der Waals surface area contributed by atoms with Gasteiger partial charge in [-0.1, -0.05) is 12.2 Å². The van der Waals surface area contributed by atoms with E-state index in [4.69, 9.17) is 11.6 Å². The van der Waals surface area contributed by atoms with Crippen molar-refractivity contribution in [2.75, 3.05) is 12.4 Å². The third-order valence-corrected chi connectivity index (χ3v) is 2.16. The smallest absolute Gasteiger partial charge is 0.406 e. The maximum absolute atomic E-state index is 11.9. The number of carbonyl (C=O) groups is 1. The largest absolute Gasteiger partial charge is 0.573 e.